The fourth-order valence-corrected chi connectivity index (χ4v) is 5.76. The largest absolute Gasteiger partial charge is 0.465 e. The number of aromatic amines is 1. The quantitative estimate of drug-likeness (QED) is 0.368. The molecule has 10 heteroatoms. The molecule has 0 bridgehead atoms. The number of amides is 1. The van der Waals surface area contributed by atoms with Crippen LogP contribution in [0.4, 0.5) is 18.0 Å². The lowest BCUT2D eigenvalue weighted by Gasteiger charge is -2.23. The van der Waals surface area contributed by atoms with Crippen molar-refractivity contribution in [2.75, 3.05) is 13.1 Å². The predicted molar refractivity (Wildman–Crippen MR) is 130 cm³/mol. The maximum atomic E-state index is 14.2. The highest BCUT2D eigenvalue weighted by atomic mass is 19.1. The number of hydrogen-bond acceptors (Lipinski definition) is 3. The van der Waals surface area contributed by atoms with Crippen LogP contribution in [0.3, 0.4) is 0 Å². The monoisotopic (exact) mass is 497 g/mol. The molecule has 6 rings (SSSR count). The van der Waals surface area contributed by atoms with E-state index in [1.165, 1.54) is 24.3 Å². The van der Waals surface area contributed by atoms with E-state index in [0.29, 0.717) is 34.5 Å². The number of likely N-dealkylation sites (tertiary alicyclic amines) is 1. The Morgan fingerprint density at radius 3 is 2.75 bits per heavy atom. The molecule has 2 aromatic carbocycles. The molecule has 2 aliphatic rings. The van der Waals surface area contributed by atoms with Crippen molar-refractivity contribution >= 4 is 28.0 Å². The van der Waals surface area contributed by atoms with E-state index in [4.69, 9.17) is 4.98 Å². The molecule has 2 saturated heterocycles. The van der Waals surface area contributed by atoms with Crippen molar-refractivity contribution in [1.82, 2.24) is 24.8 Å². The fraction of sp³-hybridized carbons (Fsp3) is 0.385. The van der Waals surface area contributed by atoms with Crippen molar-refractivity contribution in [2.45, 2.75) is 50.5 Å². The second-order valence-corrected chi connectivity index (χ2v) is 9.77. The maximum Gasteiger partial charge on any atom is 0.407 e. The van der Waals surface area contributed by atoms with Crippen LogP contribution in [0.1, 0.15) is 24.8 Å². The van der Waals surface area contributed by atoms with Gasteiger partial charge in [0.05, 0.1) is 29.3 Å². The van der Waals surface area contributed by atoms with Gasteiger partial charge in [0.2, 0.25) is 0 Å². The van der Waals surface area contributed by atoms with Crippen molar-refractivity contribution in [1.29, 1.82) is 0 Å². The van der Waals surface area contributed by atoms with Crippen molar-refractivity contribution in [3.05, 3.63) is 53.6 Å². The number of fused-ring (bicyclic) bond motifs is 2. The number of carboxylic acid groups (broad SMARTS) is 1. The Balaban J connectivity index is 1.52. The molecule has 4 aromatic rings. The topological polar surface area (TPSA) is 86.2 Å². The Hall–Kier alpha value is -3.53. The number of H-pyrrole nitrogens is 1. The summed E-state index contributed by atoms with van der Waals surface area (Å²) in [5.74, 6) is -0.314. The van der Waals surface area contributed by atoms with Gasteiger partial charge in [-0.25, -0.2) is 22.9 Å². The molecular formula is C26H26F3N5O2. The second kappa shape index (κ2) is 8.85. The second-order valence-electron chi connectivity index (χ2n) is 9.77. The maximum absolute atomic E-state index is 14.2. The van der Waals surface area contributed by atoms with Gasteiger partial charge in [0, 0.05) is 36.0 Å². The van der Waals surface area contributed by atoms with Gasteiger partial charge in [0.15, 0.2) is 5.82 Å². The molecule has 1 unspecified atom stereocenters. The summed E-state index contributed by atoms with van der Waals surface area (Å²) in [6.07, 6.45) is 0.432. The van der Waals surface area contributed by atoms with E-state index in [1.54, 1.807) is 12.1 Å². The zero-order valence-electron chi connectivity index (χ0n) is 19.5. The Bertz CT molecular complexity index is 1460. The Morgan fingerprint density at radius 1 is 1.17 bits per heavy atom. The zero-order chi connectivity index (χ0) is 25.0. The molecule has 0 spiro atoms. The SMILES string of the molecule is O=C(O)N1C[C@@H](F)C[C@H]1Cn1c(-c2[nH]c3cc(F)ccc3c2CC2CCCN2)nc2cc(F)ccc21. The molecule has 36 heavy (non-hydrogen) atoms. The molecule has 3 atom stereocenters. The van der Waals surface area contributed by atoms with Crippen LogP contribution in [0.2, 0.25) is 0 Å². The zero-order valence-corrected chi connectivity index (χ0v) is 19.5. The van der Waals surface area contributed by atoms with E-state index in [2.05, 4.69) is 10.3 Å². The van der Waals surface area contributed by atoms with E-state index < -0.39 is 24.1 Å². The van der Waals surface area contributed by atoms with Gasteiger partial charge in [0.1, 0.15) is 17.8 Å². The molecule has 7 nitrogen and oxygen atoms in total. The number of nitrogens with one attached hydrogen (secondary N) is 2. The number of benzene rings is 2. The Kier molecular flexibility index (Phi) is 5.63. The molecule has 2 aliphatic heterocycles. The van der Waals surface area contributed by atoms with Gasteiger partial charge >= 0.3 is 6.09 Å². The minimum absolute atomic E-state index is 0.0728. The first-order chi connectivity index (χ1) is 17.4. The lowest BCUT2D eigenvalue weighted by atomic mass is 10.0. The third-order valence-electron chi connectivity index (χ3n) is 7.42. The minimum Gasteiger partial charge on any atom is -0.465 e. The van der Waals surface area contributed by atoms with E-state index in [9.17, 15) is 23.1 Å². The van der Waals surface area contributed by atoms with E-state index in [1.807, 2.05) is 4.57 Å². The molecule has 0 saturated carbocycles. The summed E-state index contributed by atoms with van der Waals surface area (Å²) in [6.45, 7) is 0.918. The van der Waals surface area contributed by atoms with Crippen molar-refractivity contribution in [2.24, 2.45) is 0 Å². The Morgan fingerprint density at radius 2 is 1.97 bits per heavy atom. The first-order valence-electron chi connectivity index (χ1n) is 12.2. The summed E-state index contributed by atoms with van der Waals surface area (Å²) in [5.41, 5.74) is 3.30. The van der Waals surface area contributed by atoms with E-state index in [0.717, 1.165) is 35.2 Å². The van der Waals surface area contributed by atoms with Gasteiger partial charge in [-0.15, -0.1) is 0 Å². The van der Waals surface area contributed by atoms with Crippen LogP contribution in [0, 0.1) is 11.6 Å². The highest BCUT2D eigenvalue weighted by Crippen LogP contribution is 2.35. The number of rotatable bonds is 5. The summed E-state index contributed by atoms with van der Waals surface area (Å²) < 4.78 is 44.3. The van der Waals surface area contributed by atoms with Crippen LogP contribution < -0.4 is 5.32 Å². The minimum atomic E-state index is -1.25. The molecular weight excluding hydrogens is 471 g/mol. The summed E-state index contributed by atoms with van der Waals surface area (Å²) in [6, 6.07) is 8.54. The molecule has 2 fully saturated rings. The first kappa shape index (κ1) is 22.9. The number of nitrogens with zero attached hydrogens (tertiary/aromatic N) is 3. The molecule has 0 radical (unpaired) electrons. The lowest BCUT2D eigenvalue weighted by Crippen LogP contribution is -2.37. The van der Waals surface area contributed by atoms with Crippen LogP contribution in [0.25, 0.3) is 33.5 Å². The highest BCUT2D eigenvalue weighted by molar-refractivity contribution is 5.91. The van der Waals surface area contributed by atoms with Crippen LogP contribution in [-0.2, 0) is 13.0 Å². The first-order valence-corrected chi connectivity index (χ1v) is 12.2. The highest BCUT2D eigenvalue weighted by Gasteiger charge is 2.36. The number of carbonyl (C=O) groups is 1. The molecule has 3 N–H and O–H groups in total. The predicted octanol–water partition coefficient (Wildman–Crippen LogP) is 4.85. The van der Waals surface area contributed by atoms with Crippen LogP contribution in [-0.4, -0.2) is 62.0 Å². The van der Waals surface area contributed by atoms with Gasteiger partial charge in [-0.1, -0.05) is 0 Å². The van der Waals surface area contributed by atoms with Crippen molar-refractivity contribution < 1.29 is 23.1 Å². The smallest absolute Gasteiger partial charge is 0.407 e. The fourth-order valence-electron chi connectivity index (χ4n) is 5.76. The van der Waals surface area contributed by atoms with Crippen LogP contribution in [0.5, 0.6) is 0 Å². The summed E-state index contributed by atoms with van der Waals surface area (Å²) in [7, 11) is 0. The van der Waals surface area contributed by atoms with Crippen molar-refractivity contribution in [3.8, 4) is 11.5 Å². The lowest BCUT2D eigenvalue weighted by molar-refractivity contribution is 0.134. The average molecular weight is 498 g/mol. The van der Waals surface area contributed by atoms with Gasteiger partial charge < -0.3 is 24.9 Å². The summed E-state index contributed by atoms with van der Waals surface area (Å²) >= 11 is 0. The number of hydrogen-bond donors (Lipinski definition) is 3. The number of halogens is 3. The van der Waals surface area contributed by atoms with E-state index in [-0.39, 0.29) is 31.4 Å². The standard InChI is InChI=1S/C26H26F3N5O2/c27-14-3-5-19-20(11-17-2-1-7-30-17)24(31-21(19)9-14)25-32-22-10-15(28)4-6-23(22)34(25)13-18-8-16(29)12-33(18)26(35)36/h3-6,9-10,16-18,30-31H,1-2,7-8,11-13H2,(H,35,36)/t16-,17?,18-/m0/s1. The Labute approximate surface area is 204 Å². The molecule has 0 aliphatic carbocycles. The number of alkyl halides is 1. The molecule has 188 valence electrons. The molecule has 1 amide bonds. The average Bonchev–Trinajstić information content (AvgIpc) is 3.61. The molecule has 2 aromatic heterocycles. The summed E-state index contributed by atoms with van der Waals surface area (Å²) in [5, 5.41) is 14.0. The molecule has 4 heterocycles. The third kappa shape index (κ3) is 3.99. The van der Waals surface area contributed by atoms with Gasteiger partial charge in [-0.2, -0.15) is 0 Å². The summed E-state index contributed by atoms with van der Waals surface area (Å²) in [4.78, 5) is 21.0. The third-order valence-corrected chi connectivity index (χ3v) is 7.42. The van der Waals surface area contributed by atoms with E-state index >= 15 is 0 Å². The van der Waals surface area contributed by atoms with Gasteiger partial charge in [0.25, 0.3) is 0 Å². The normalized spacial score (nSPS) is 22.3. The number of imidazole rings is 1. The number of aromatic nitrogens is 3. The van der Waals surface area contributed by atoms with Gasteiger partial charge in [-0.3, -0.25) is 0 Å². The van der Waals surface area contributed by atoms with Gasteiger partial charge in [-0.05, 0) is 61.7 Å². The van der Waals surface area contributed by atoms with Crippen LogP contribution in [0.15, 0.2) is 36.4 Å². The van der Waals surface area contributed by atoms with Crippen molar-refractivity contribution in [3.63, 3.8) is 0 Å². The van der Waals surface area contributed by atoms with Crippen LogP contribution >= 0.6 is 0 Å².